The summed E-state index contributed by atoms with van der Waals surface area (Å²) in [4.78, 5) is 2.37. The van der Waals surface area contributed by atoms with Gasteiger partial charge in [-0.2, -0.15) is 0 Å². The van der Waals surface area contributed by atoms with Crippen LogP contribution in [-0.2, 0) is 0 Å². The highest BCUT2D eigenvalue weighted by atomic mass is 16.3. The maximum atomic E-state index is 6.76. The summed E-state index contributed by atoms with van der Waals surface area (Å²) in [5, 5.41) is 9.65. The quantitative estimate of drug-likeness (QED) is 0.150. The standard InChI is InChI=1S/C60H39NO/c1-3-12-40(13-4-1)47-27-33-59-57(37-47)58-39-50(41-14-5-2-6-15-41)38-56(60(58)62-59)48-20-11-19-45(34-48)43-24-28-51(29-25-43)61(52-30-26-42-16-7-8-18-46(42)35-52)53-31-32-55-49(36-53)23-22-44-17-9-10-21-54(44)55/h1-39H. The zero-order valence-corrected chi connectivity index (χ0v) is 33.9. The van der Waals surface area contributed by atoms with Crippen molar-refractivity contribution in [1.29, 1.82) is 0 Å². The maximum Gasteiger partial charge on any atom is 0.143 e. The minimum absolute atomic E-state index is 0.883. The van der Waals surface area contributed by atoms with Crippen molar-refractivity contribution in [2.45, 2.75) is 0 Å². The molecule has 0 unspecified atom stereocenters. The number of benzene rings is 11. The van der Waals surface area contributed by atoms with Gasteiger partial charge in [0.05, 0.1) is 0 Å². The molecule has 1 heterocycles. The third-order valence-corrected chi connectivity index (χ3v) is 12.4. The van der Waals surface area contributed by atoms with Crippen molar-refractivity contribution < 1.29 is 4.42 Å². The lowest BCUT2D eigenvalue weighted by Gasteiger charge is -2.26. The summed E-state index contributed by atoms with van der Waals surface area (Å²) in [5.41, 5.74) is 14.3. The number of furan rings is 1. The summed E-state index contributed by atoms with van der Waals surface area (Å²) >= 11 is 0. The topological polar surface area (TPSA) is 16.4 Å². The van der Waals surface area contributed by atoms with E-state index < -0.39 is 0 Å². The molecule has 0 bridgehead atoms. The van der Waals surface area contributed by atoms with Crippen LogP contribution >= 0.6 is 0 Å². The van der Waals surface area contributed by atoms with E-state index in [0.29, 0.717) is 0 Å². The minimum atomic E-state index is 0.883. The van der Waals surface area contributed by atoms with Gasteiger partial charge in [0.1, 0.15) is 11.2 Å². The van der Waals surface area contributed by atoms with Gasteiger partial charge in [-0.15, -0.1) is 0 Å². The van der Waals surface area contributed by atoms with Gasteiger partial charge >= 0.3 is 0 Å². The lowest BCUT2D eigenvalue weighted by Crippen LogP contribution is -2.10. The Balaban J connectivity index is 0.961. The van der Waals surface area contributed by atoms with Crippen molar-refractivity contribution in [3.63, 3.8) is 0 Å². The first-order chi connectivity index (χ1) is 30.7. The average molecular weight is 790 g/mol. The highest BCUT2D eigenvalue weighted by molar-refractivity contribution is 6.13. The van der Waals surface area contributed by atoms with Gasteiger partial charge in [-0.25, -0.2) is 0 Å². The van der Waals surface area contributed by atoms with Gasteiger partial charge in [0, 0.05) is 33.4 Å². The molecule has 0 radical (unpaired) electrons. The first-order valence-corrected chi connectivity index (χ1v) is 21.2. The van der Waals surface area contributed by atoms with Gasteiger partial charge in [-0.05, 0) is 138 Å². The number of rotatable bonds is 7. The molecule has 1 aromatic heterocycles. The molecule has 290 valence electrons. The number of hydrogen-bond donors (Lipinski definition) is 0. The second-order valence-corrected chi connectivity index (χ2v) is 16.1. The van der Waals surface area contributed by atoms with E-state index in [4.69, 9.17) is 4.42 Å². The van der Waals surface area contributed by atoms with Gasteiger partial charge in [-0.3, -0.25) is 0 Å². The zero-order valence-electron chi connectivity index (χ0n) is 33.9. The molecule has 12 rings (SSSR count). The second-order valence-electron chi connectivity index (χ2n) is 16.1. The predicted molar refractivity (Wildman–Crippen MR) is 263 cm³/mol. The highest BCUT2D eigenvalue weighted by Crippen LogP contribution is 2.43. The van der Waals surface area contributed by atoms with E-state index in [-0.39, 0.29) is 0 Å². The van der Waals surface area contributed by atoms with Gasteiger partial charge in [-0.1, -0.05) is 170 Å². The van der Waals surface area contributed by atoms with Crippen LogP contribution in [0.4, 0.5) is 17.1 Å². The summed E-state index contributed by atoms with van der Waals surface area (Å²) in [6, 6.07) is 85.5. The molecule has 0 amide bonds. The summed E-state index contributed by atoms with van der Waals surface area (Å²) < 4.78 is 6.76. The third-order valence-electron chi connectivity index (χ3n) is 12.4. The molecule has 2 heteroatoms. The fourth-order valence-corrected chi connectivity index (χ4v) is 9.27. The van der Waals surface area contributed by atoms with Crippen molar-refractivity contribution in [3.05, 3.63) is 237 Å². The summed E-state index contributed by atoms with van der Waals surface area (Å²) in [6.45, 7) is 0. The Morgan fingerprint density at radius 3 is 1.60 bits per heavy atom. The molecule has 0 aliphatic carbocycles. The van der Waals surface area contributed by atoms with Gasteiger partial charge in [0.25, 0.3) is 0 Å². The van der Waals surface area contributed by atoms with E-state index in [1.54, 1.807) is 0 Å². The molecule has 0 aliphatic rings. The van der Waals surface area contributed by atoms with Crippen LogP contribution in [0.15, 0.2) is 241 Å². The molecule has 0 fully saturated rings. The SMILES string of the molecule is c1ccc(-c2ccc3oc4c(-c5cccc(-c6ccc(N(c7ccc8ccccc8c7)c7ccc8c(ccc9ccccc98)c7)cc6)c5)cc(-c5ccccc5)cc4c3c2)cc1. The fraction of sp³-hybridized carbons (Fsp3) is 0. The fourth-order valence-electron chi connectivity index (χ4n) is 9.27. The first kappa shape index (κ1) is 35.7. The van der Waals surface area contributed by atoms with E-state index in [0.717, 1.165) is 66.8 Å². The molecule has 0 saturated heterocycles. The first-order valence-electron chi connectivity index (χ1n) is 21.2. The molecule has 12 aromatic rings. The lowest BCUT2D eigenvalue weighted by molar-refractivity contribution is 0.670. The van der Waals surface area contributed by atoms with Crippen LogP contribution in [0.3, 0.4) is 0 Å². The molecule has 0 aliphatic heterocycles. The smallest absolute Gasteiger partial charge is 0.143 e. The van der Waals surface area contributed by atoms with Gasteiger partial charge in [0.2, 0.25) is 0 Å². The normalized spacial score (nSPS) is 11.5. The van der Waals surface area contributed by atoms with E-state index in [2.05, 4.69) is 241 Å². The maximum absolute atomic E-state index is 6.76. The number of anilines is 3. The molecule has 0 atom stereocenters. The van der Waals surface area contributed by atoms with Gasteiger partial charge in [0.15, 0.2) is 0 Å². The second kappa shape index (κ2) is 14.8. The minimum Gasteiger partial charge on any atom is -0.455 e. The summed E-state index contributed by atoms with van der Waals surface area (Å²) in [7, 11) is 0. The molecular formula is C60H39NO. The largest absolute Gasteiger partial charge is 0.455 e. The summed E-state index contributed by atoms with van der Waals surface area (Å²) in [5.74, 6) is 0. The van der Waals surface area contributed by atoms with E-state index in [1.807, 2.05) is 0 Å². The highest BCUT2D eigenvalue weighted by Gasteiger charge is 2.18. The van der Waals surface area contributed by atoms with Crippen molar-refractivity contribution >= 4 is 71.3 Å². The van der Waals surface area contributed by atoms with E-state index in [1.165, 1.54) is 49.0 Å². The molecular weight excluding hydrogens is 751 g/mol. The third kappa shape index (κ3) is 6.29. The Morgan fingerprint density at radius 2 is 0.790 bits per heavy atom. The predicted octanol–water partition coefficient (Wildman–Crippen LogP) is 17.2. The molecule has 0 N–H and O–H groups in total. The Morgan fingerprint density at radius 1 is 0.258 bits per heavy atom. The average Bonchev–Trinajstić information content (AvgIpc) is 3.72. The van der Waals surface area contributed by atoms with Crippen LogP contribution in [0.25, 0.3) is 98.8 Å². The van der Waals surface area contributed by atoms with Crippen molar-refractivity contribution in [2.24, 2.45) is 0 Å². The Hall–Kier alpha value is -8.20. The van der Waals surface area contributed by atoms with Crippen LogP contribution in [0.2, 0.25) is 0 Å². The summed E-state index contributed by atoms with van der Waals surface area (Å²) in [6.07, 6.45) is 0. The van der Waals surface area contributed by atoms with Crippen LogP contribution in [0.5, 0.6) is 0 Å². The molecule has 2 nitrogen and oxygen atoms in total. The molecule has 0 spiro atoms. The Bertz CT molecular complexity index is 3620. The lowest BCUT2D eigenvalue weighted by atomic mass is 9.93. The number of fused-ring (bicyclic) bond motifs is 7. The van der Waals surface area contributed by atoms with E-state index in [9.17, 15) is 0 Å². The van der Waals surface area contributed by atoms with Crippen LogP contribution in [0.1, 0.15) is 0 Å². The van der Waals surface area contributed by atoms with Gasteiger partial charge < -0.3 is 9.32 Å². The molecule has 0 saturated carbocycles. The van der Waals surface area contributed by atoms with Crippen LogP contribution in [-0.4, -0.2) is 0 Å². The van der Waals surface area contributed by atoms with Crippen LogP contribution in [0, 0.1) is 0 Å². The van der Waals surface area contributed by atoms with Crippen molar-refractivity contribution in [3.8, 4) is 44.5 Å². The van der Waals surface area contributed by atoms with E-state index >= 15 is 0 Å². The molecule has 62 heavy (non-hydrogen) atoms. The molecule has 11 aromatic carbocycles. The monoisotopic (exact) mass is 789 g/mol. The van der Waals surface area contributed by atoms with Crippen molar-refractivity contribution in [2.75, 3.05) is 4.90 Å². The Labute approximate surface area is 360 Å². The number of hydrogen-bond acceptors (Lipinski definition) is 2. The Kier molecular flexibility index (Phi) is 8.53. The zero-order chi connectivity index (χ0) is 41.0. The number of nitrogens with zero attached hydrogens (tertiary/aromatic N) is 1. The van der Waals surface area contributed by atoms with Crippen LogP contribution < -0.4 is 4.90 Å². The van der Waals surface area contributed by atoms with Crippen molar-refractivity contribution in [1.82, 2.24) is 0 Å².